The van der Waals surface area contributed by atoms with Crippen molar-refractivity contribution in [2.45, 2.75) is 25.7 Å². The lowest BCUT2D eigenvalue weighted by Gasteiger charge is -2.01. The van der Waals surface area contributed by atoms with E-state index in [0.29, 0.717) is 0 Å². The van der Waals surface area contributed by atoms with Gasteiger partial charge in [0, 0.05) is 12.1 Å². The number of pyridine rings is 1. The van der Waals surface area contributed by atoms with Crippen LogP contribution in [0.4, 0.5) is 0 Å². The molecule has 0 N–H and O–H groups in total. The van der Waals surface area contributed by atoms with E-state index in [0.717, 1.165) is 0 Å². The van der Waals surface area contributed by atoms with Crippen LogP contribution < -0.4 is 4.57 Å². The molecule has 0 unspecified atom stereocenters. The van der Waals surface area contributed by atoms with Gasteiger partial charge in [-0.3, -0.25) is 0 Å². The normalized spacial score (nSPS) is 10.4. The molecule has 0 amide bonds. The van der Waals surface area contributed by atoms with E-state index >= 15 is 0 Å². The molecule has 2 rings (SSSR count). The van der Waals surface area contributed by atoms with Gasteiger partial charge in [0.2, 0.25) is 0 Å². The van der Waals surface area contributed by atoms with Gasteiger partial charge >= 0.3 is 0 Å². The molecule has 0 atom stereocenters. The topological polar surface area (TPSA) is 3.88 Å². The SMILES string of the molecule is C[n+]1ccc(CCCCc2ccccc2)cc1. The summed E-state index contributed by atoms with van der Waals surface area (Å²) >= 11 is 0. The molecule has 2 aromatic rings. The van der Waals surface area contributed by atoms with E-state index in [-0.39, 0.29) is 0 Å². The van der Waals surface area contributed by atoms with Crippen LogP contribution in [0.15, 0.2) is 54.9 Å². The van der Waals surface area contributed by atoms with E-state index < -0.39 is 0 Å². The molecule has 0 saturated heterocycles. The number of unbranched alkanes of at least 4 members (excludes halogenated alkanes) is 1. The largest absolute Gasteiger partial charge is 0.208 e. The maximum Gasteiger partial charge on any atom is 0.168 e. The smallest absolute Gasteiger partial charge is 0.168 e. The first-order valence-corrected chi connectivity index (χ1v) is 6.33. The first-order valence-electron chi connectivity index (χ1n) is 6.33. The molecule has 0 aliphatic heterocycles. The molecule has 0 spiro atoms. The van der Waals surface area contributed by atoms with Crippen molar-refractivity contribution in [3.8, 4) is 0 Å². The molecular weight excluding hydrogens is 206 g/mol. The van der Waals surface area contributed by atoms with Gasteiger partial charge in [-0.2, -0.15) is 0 Å². The molecule has 88 valence electrons. The van der Waals surface area contributed by atoms with E-state index in [1.165, 1.54) is 36.8 Å². The summed E-state index contributed by atoms with van der Waals surface area (Å²) in [5.41, 5.74) is 2.89. The quantitative estimate of drug-likeness (QED) is 0.545. The number of benzene rings is 1. The predicted octanol–water partition coefficient (Wildman–Crippen LogP) is 3.08. The van der Waals surface area contributed by atoms with Crippen LogP contribution in [-0.4, -0.2) is 0 Å². The van der Waals surface area contributed by atoms with Crippen molar-refractivity contribution < 1.29 is 4.57 Å². The summed E-state index contributed by atoms with van der Waals surface area (Å²) in [6, 6.07) is 15.2. The summed E-state index contributed by atoms with van der Waals surface area (Å²) in [5, 5.41) is 0. The minimum atomic E-state index is 1.19. The standard InChI is InChI=1S/C16H20N/c1-17-13-11-16(12-14-17)10-6-5-9-15-7-3-2-4-8-15/h2-4,7-8,11-14H,5-6,9-10H2,1H3/q+1. The number of aromatic nitrogens is 1. The number of hydrogen-bond acceptors (Lipinski definition) is 0. The number of nitrogens with zero attached hydrogens (tertiary/aromatic N) is 1. The van der Waals surface area contributed by atoms with Crippen molar-refractivity contribution in [2.75, 3.05) is 0 Å². The van der Waals surface area contributed by atoms with Gasteiger partial charge in [0.05, 0.1) is 0 Å². The number of aryl methyl sites for hydroxylation is 3. The summed E-state index contributed by atoms with van der Waals surface area (Å²) in [7, 11) is 2.05. The minimum Gasteiger partial charge on any atom is -0.208 e. The van der Waals surface area contributed by atoms with Gasteiger partial charge in [-0.05, 0) is 36.8 Å². The van der Waals surface area contributed by atoms with E-state index in [1.54, 1.807) is 0 Å². The van der Waals surface area contributed by atoms with Crippen LogP contribution in [0.2, 0.25) is 0 Å². The van der Waals surface area contributed by atoms with Gasteiger partial charge in [-0.1, -0.05) is 30.3 Å². The van der Waals surface area contributed by atoms with Crippen LogP contribution in [-0.2, 0) is 19.9 Å². The number of rotatable bonds is 5. The Labute approximate surface area is 104 Å². The summed E-state index contributed by atoms with van der Waals surface area (Å²) in [6.07, 6.45) is 9.15. The maximum atomic E-state index is 2.21. The molecule has 0 fully saturated rings. The number of hydrogen-bond donors (Lipinski definition) is 0. The van der Waals surface area contributed by atoms with Crippen LogP contribution in [0, 0.1) is 0 Å². The third kappa shape index (κ3) is 4.03. The van der Waals surface area contributed by atoms with Crippen molar-refractivity contribution in [2.24, 2.45) is 7.05 Å². The van der Waals surface area contributed by atoms with Gasteiger partial charge in [-0.25, -0.2) is 4.57 Å². The average molecular weight is 226 g/mol. The molecule has 0 aliphatic carbocycles. The highest BCUT2D eigenvalue weighted by Gasteiger charge is 1.97. The third-order valence-electron chi connectivity index (χ3n) is 3.07. The second kappa shape index (κ2) is 6.19. The second-order valence-corrected chi connectivity index (χ2v) is 4.56. The molecule has 1 aromatic carbocycles. The molecule has 0 saturated carbocycles. The van der Waals surface area contributed by atoms with Gasteiger partial charge < -0.3 is 0 Å². The molecular formula is C16H20N+. The van der Waals surface area contributed by atoms with Gasteiger partial charge in [0.1, 0.15) is 7.05 Å². The van der Waals surface area contributed by atoms with Crippen LogP contribution in [0.5, 0.6) is 0 Å². The average Bonchev–Trinajstić information content (AvgIpc) is 2.38. The first kappa shape index (κ1) is 11.8. The third-order valence-corrected chi connectivity index (χ3v) is 3.07. The predicted molar refractivity (Wildman–Crippen MR) is 70.7 cm³/mol. The van der Waals surface area contributed by atoms with Crippen LogP contribution in [0.1, 0.15) is 24.0 Å². The lowest BCUT2D eigenvalue weighted by Crippen LogP contribution is -2.25. The van der Waals surface area contributed by atoms with Crippen molar-refractivity contribution in [3.05, 3.63) is 66.0 Å². The minimum absolute atomic E-state index is 1.19. The highest BCUT2D eigenvalue weighted by Crippen LogP contribution is 2.08. The molecule has 0 bridgehead atoms. The molecule has 1 heteroatoms. The molecule has 17 heavy (non-hydrogen) atoms. The fraction of sp³-hybridized carbons (Fsp3) is 0.312. The fourth-order valence-electron chi connectivity index (χ4n) is 2.00. The Kier molecular flexibility index (Phi) is 4.31. The highest BCUT2D eigenvalue weighted by molar-refractivity contribution is 5.14. The second-order valence-electron chi connectivity index (χ2n) is 4.56. The zero-order chi connectivity index (χ0) is 11.9. The molecule has 1 aromatic heterocycles. The summed E-state index contributed by atoms with van der Waals surface area (Å²) < 4.78 is 2.08. The summed E-state index contributed by atoms with van der Waals surface area (Å²) in [4.78, 5) is 0. The molecule has 1 heterocycles. The van der Waals surface area contributed by atoms with Crippen molar-refractivity contribution in [1.82, 2.24) is 0 Å². The van der Waals surface area contributed by atoms with Gasteiger partial charge in [0.25, 0.3) is 0 Å². The molecule has 1 nitrogen and oxygen atoms in total. The Morgan fingerprint density at radius 3 is 1.88 bits per heavy atom. The Morgan fingerprint density at radius 2 is 1.29 bits per heavy atom. The molecule has 0 radical (unpaired) electrons. The monoisotopic (exact) mass is 226 g/mol. The molecule has 0 aliphatic rings. The zero-order valence-electron chi connectivity index (χ0n) is 10.5. The lowest BCUT2D eigenvalue weighted by atomic mass is 10.0. The van der Waals surface area contributed by atoms with E-state index in [4.69, 9.17) is 0 Å². The van der Waals surface area contributed by atoms with Crippen LogP contribution in [0.25, 0.3) is 0 Å². The highest BCUT2D eigenvalue weighted by atomic mass is 14.9. The van der Waals surface area contributed by atoms with E-state index in [1.807, 2.05) is 0 Å². The maximum absolute atomic E-state index is 2.21. The zero-order valence-corrected chi connectivity index (χ0v) is 10.5. The fourth-order valence-corrected chi connectivity index (χ4v) is 2.00. The van der Waals surface area contributed by atoms with E-state index in [2.05, 4.69) is 66.5 Å². The van der Waals surface area contributed by atoms with Crippen molar-refractivity contribution in [1.29, 1.82) is 0 Å². The van der Waals surface area contributed by atoms with Crippen molar-refractivity contribution in [3.63, 3.8) is 0 Å². The Morgan fingerprint density at radius 1 is 0.765 bits per heavy atom. The van der Waals surface area contributed by atoms with Crippen LogP contribution in [0.3, 0.4) is 0 Å². The van der Waals surface area contributed by atoms with E-state index in [9.17, 15) is 0 Å². The van der Waals surface area contributed by atoms with Gasteiger partial charge in [0.15, 0.2) is 12.4 Å². The van der Waals surface area contributed by atoms with Crippen LogP contribution >= 0.6 is 0 Å². The summed E-state index contributed by atoms with van der Waals surface area (Å²) in [5.74, 6) is 0. The Bertz CT molecular complexity index is 431. The Balaban J connectivity index is 1.71. The van der Waals surface area contributed by atoms with Crippen molar-refractivity contribution >= 4 is 0 Å². The lowest BCUT2D eigenvalue weighted by molar-refractivity contribution is -0.671. The summed E-state index contributed by atoms with van der Waals surface area (Å²) in [6.45, 7) is 0. The van der Waals surface area contributed by atoms with Gasteiger partial charge in [-0.15, -0.1) is 0 Å². The Hall–Kier alpha value is -1.63. The first-order chi connectivity index (χ1) is 8.34.